The van der Waals surface area contributed by atoms with Gasteiger partial charge >= 0.3 is 0 Å². The Morgan fingerprint density at radius 3 is 2.64 bits per heavy atom. The first-order valence-electron chi connectivity index (χ1n) is 8.81. The Hall–Kier alpha value is -1.95. The van der Waals surface area contributed by atoms with E-state index in [4.69, 9.17) is 0 Å². The molecule has 2 rings (SSSR count). The second-order valence-corrected chi connectivity index (χ2v) is 7.13. The van der Waals surface area contributed by atoms with Gasteiger partial charge in [-0.15, -0.1) is 0 Å². The fourth-order valence-corrected chi connectivity index (χ4v) is 3.44. The lowest BCUT2D eigenvalue weighted by Gasteiger charge is -2.23. The Labute approximate surface area is 149 Å². The molecule has 1 aromatic rings. The van der Waals surface area contributed by atoms with Gasteiger partial charge in [0, 0.05) is 44.7 Å². The topological polar surface area (TPSA) is 61.4 Å². The third kappa shape index (κ3) is 5.01. The van der Waals surface area contributed by atoms with Gasteiger partial charge in [-0.2, -0.15) is 0 Å². The second-order valence-electron chi connectivity index (χ2n) is 7.13. The van der Waals surface area contributed by atoms with Gasteiger partial charge in [-0.25, -0.2) is 4.39 Å². The molecule has 138 valence electrons. The predicted octanol–water partition coefficient (Wildman–Crippen LogP) is 1.96. The average Bonchev–Trinajstić information content (AvgIpc) is 2.95. The third-order valence-corrected chi connectivity index (χ3v) is 4.98. The van der Waals surface area contributed by atoms with Crippen molar-refractivity contribution < 1.29 is 14.0 Å². The van der Waals surface area contributed by atoms with Crippen molar-refractivity contribution in [2.45, 2.75) is 33.2 Å². The van der Waals surface area contributed by atoms with Crippen LogP contribution in [-0.4, -0.2) is 49.4 Å². The minimum atomic E-state index is -0.338. The molecule has 2 unspecified atom stereocenters. The number of halogens is 1. The van der Waals surface area contributed by atoms with Crippen LogP contribution in [0.15, 0.2) is 18.2 Å². The third-order valence-electron chi connectivity index (χ3n) is 4.98. The van der Waals surface area contributed by atoms with Crippen LogP contribution in [0.3, 0.4) is 0 Å². The number of likely N-dealkylation sites (tertiary alicyclic amines) is 1. The van der Waals surface area contributed by atoms with E-state index < -0.39 is 0 Å². The van der Waals surface area contributed by atoms with Crippen molar-refractivity contribution in [3.63, 3.8) is 0 Å². The average molecular weight is 349 g/mol. The van der Waals surface area contributed by atoms with Crippen molar-refractivity contribution in [1.82, 2.24) is 15.5 Å². The van der Waals surface area contributed by atoms with Crippen molar-refractivity contribution in [2.24, 2.45) is 11.8 Å². The number of hydrogen-bond donors (Lipinski definition) is 2. The van der Waals surface area contributed by atoms with Gasteiger partial charge < -0.3 is 15.5 Å². The monoisotopic (exact) mass is 349 g/mol. The standard InChI is InChI=1S/C19H28FN3O2/c1-12(2)16-10-23(8-7-18(24)21-4)11-17(16)22-19(25)15-6-5-14(20)9-13(15)3/h5-6,9,12,16-17H,7-8,10-11H2,1-4H3,(H,21,24)(H,22,25). The van der Waals surface area contributed by atoms with Gasteiger partial charge in [-0.3, -0.25) is 9.59 Å². The maximum atomic E-state index is 13.2. The summed E-state index contributed by atoms with van der Waals surface area (Å²) in [5.41, 5.74) is 1.14. The zero-order chi connectivity index (χ0) is 18.6. The molecule has 5 nitrogen and oxygen atoms in total. The van der Waals surface area contributed by atoms with Gasteiger partial charge in [0.1, 0.15) is 5.82 Å². The first-order chi connectivity index (χ1) is 11.8. The Morgan fingerprint density at radius 1 is 1.32 bits per heavy atom. The van der Waals surface area contributed by atoms with E-state index in [1.807, 2.05) is 0 Å². The minimum Gasteiger partial charge on any atom is -0.359 e. The fraction of sp³-hybridized carbons (Fsp3) is 0.579. The Kier molecular flexibility index (Phi) is 6.53. The van der Waals surface area contributed by atoms with Gasteiger partial charge in [0.05, 0.1) is 0 Å². The van der Waals surface area contributed by atoms with E-state index in [1.165, 1.54) is 18.2 Å². The van der Waals surface area contributed by atoms with Crippen LogP contribution >= 0.6 is 0 Å². The summed E-state index contributed by atoms with van der Waals surface area (Å²) < 4.78 is 13.2. The number of nitrogens with one attached hydrogen (secondary N) is 2. The quantitative estimate of drug-likeness (QED) is 0.825. The van der Waals surface area contributed by atoms with Crippen LogP contribution in [0.1, 0.15) is 36.2 Å². The molecule has 0 spiro atoms. The van der Waals surface area contributed by atoms with Gasteiger partial charge in [0.2, 0.25) is 5.91 Å². The van der Waals surface area contributed by atoms with Gasteiger partial charge in [0.15, 0.2) is 0 Å². The molecule has 1 heterocycles. The summed E-state index contributed by atoms with van der Waals surface area (Å²) in [7, 11) is 1.64. The summed E-state index contributed by atoms with van der Waals surface area (Å²) >= 11 is 0. The molecule has 0 aromatic heterocycles. The van der Waals surface area contributed by atoms with Crippen molar-refractivity contribution in [2.75, 3.05) is 26.7 Å². The molecule has 0 radical (unpaired) electrons. The summed E-state index contributed by atoms with van der Waals surface area (Å²) in [5, 5.41) is 5.75. The number of aryl methyl sites for hydroxylation is 1. The molecule has 0 aliphatic carbocycles. The van der Waals surface area contributed by atoms with Crippen molar-refractivity contribution in [3.8, 4) is 0 Å². The highest BCUT2D eigenvalue weighted by atomic mass is 19.1. The molecule has 1 aliphatic heterocycles. The maximum Gasteiger partial charge on any atom is 0.251 e. The van der Waals surface area contributed by atoms with Gasteiger partial charge in [-0.1, -0.05) is 13.8 Å². The smallest absolute Gasteiger partial charge is 0.251 e. The Balaban J connectivity index is 2.03. The predicted molar refractivity (Wildman–Crippen MR) is 95.8 cm³/mol. The lowest BCUT2D eigenvalue weighted by molar-refractivity contribution is -0.120. The van der Waals surface area contributed by atoms with E-state index in [0.29, 0.717) is 35.9 Å². The summed E-state index contributed by atoms with van der Waals surface area (Å²) in [4.78, 5) is 26.3. The Bertz CT molecular complexity index is 633. The lowest BCUT2D eigenvalue weighted by Crippen LogP contribution is -2.42. The van der Waals surface area contributed by atoms with Crippen LogP contribution in [0.2, 0.25) is 0 Å². The van der Waals surface area contributed by atoms with Crippen molar-refractivity contribution in [1.29, 1.82) is 0 Å². The van der Waals surface area contributed by atoms with E-state index in [0.717, 1.165) is 13.1 Å². The van der Waals surface area contributed by atoms with Crippen LogP contribution in [0.25, 0.3) is 0 Å². The summed E-state index contributed by atoms with van der Waals surface area (Å²) in [6.45, 7) is 8.31. The van der Waals surface area contributed by atoms with Crippen LogP contribution in [0, 0.1) is 24.6 Å². The van der Waals surface area contributed by atoms with Gasteiger partial charge in [-0.05, 0) is 42.5 Å². The zero-order valence-electron chi connectivity index (χ0n) is 15.4. The number of rotatable bonds is 6. The van der Waals surface area contributed by atoms with Crippen LogP contribution in [0.5, 0.6) is 0 Å². The normalized spacial score (nSPS) is 20.7. The zero-order valence-corrected chi connectivity index (χ0v) is 15.4. The molecule has 2 N–H and O–H groups in total. The summed E-state index contributed by atoms with van der Waals surface area (Å²) in [6.07, 6.45) is 0.457. The van der Waals surface area contributed by atoms with Crippen molar-refractivity contribution in [3.05, 3.63) is 35.1 Å². The van der Waals surface area contributed by atoms with E-state index in [9.17, 15) is 14.0 Å². The fourth-order valence-electron chi connectivity index (χ4n) is 3.44. The molecule has 1 fully saturated rings. The SMILES string of the molecule is CNC(=O)CCN1CC(NC(=O)c2ccc(F)cc2C)C(C(C)C)C1. The number of hydrogen-bond acceptors (Lipinski definition) is 3. The maximum absolute atomic E-state index is 13.2. The van der Waals surface area contributed by atoms with E-state index in [-0.39, 0.29) is 23.7 Å². The molecule has 1 aliphatic rings. The first-order valence-corrected chi connectivity index (χ1v) is 8.81. The number of nitrogens with zero attached hydrogens (tertiary/aromatic N) is 1. The summed E-state index contributed by atoms with van der Waals surface area (Å²) in [6, 6.07) is 4.25. The largest absolute Gasteiger partial charge is 0.359 e. The lowest BCUT2D eigenvalue weighted by atomic mass is 9.91. The molecule has 1 saturated heterocycles. The highest BCUT2D eigenvalue weighted by molar-refractivity contribution is 5.95. The first kappa shape index (κ1) is 19.4. The van der Waals surface area contributed by atoms with Crippen LogP contribution in [0.4, 0.5) is 4.39 Å². The van der Waals surface area contributed by atoms with E-state index >= 15 is 0 Å². The molecular formula is C19H28FN3O2. The molecule has 6 heteroatoms. The second kappa shape index (κ2) is 8.43. The molecule has 2 atom stereocenters. The van der Waals surface area contributed by atoms with E-state index in [2.05, 4.69) is 29.4 Å². The molecule has 2 amide bonds. The molecule has 0 saturated carbocycles. The number of amides is 2. The highest BCUT2D eigenvalue weighted by Crippen LogP contribution is 2.25. The van der Waals surface area contributed by atoms with Crippen molar-refractivity contribution >= 4 is 11.8 Å². The molecule has 1 aromatic carbocycles. The van der Waals surface area contributed by atoms with Crippen LogP contribution in [-0.2, 0) is 4.79 Å². The minimum absolute atomic E-state index is 0.0236. The van der Waals surface area contributed by atoms with E-state index in [1.54, 1.807) is 14.0 Å². The molecule has 25 heavy (non-hydrogen) atoms. The molecular weight excluding hydrogens is 321 g/mol. The number of benzene rings is 1. The number of carbonyl (C=O) groups excluding carboxylic acids is 2. The number of carbonyl (C=O) groups is 2. The Morgan fingerprint density at radius 2 is 2.04 bits per heavy atom. The molecule has 0 bridgehead atoms. The van der Waals surface area contributed by atoms with Gasteiger partial charge in [0.25, 0.3) is 5.91 Å². The van der Waals surface area contributed by atoms with Crippen LogP contribution < -0.4 is 10.6 Å². The summed E-state index contributed by atoms with van der Waals surface area (Å²) in [5.74, 6) is 0.270. The highest BCUT2D eigenvalue weighted by Gasteiger charge is 2.35.